The van der Waals surface area contributed by atoms with Crippen molar-refractivity contribution in [3.05, 3.63) is 48.7 Å². The zero-order chi connectivity index (χ0) is 14.2. The molecular weight excluding hydrogens is 266 g/mol. The Morgan fingerprint density at radius 2 is 1.90 bits per heavy atom. The predicted molar refractivity (Wildman–Crippen MR) is 82.0 cm³/mol. The standard InChI is InChI=1S/C16H13N3O2/c17-11-1-3-13-10(7-11)5-6-18-16(13)19-12-2-4-14-15(8-12)21-9-20-14/h1-8H,9,17H2,(H,18,19). The number of nitrogens with zero attached hydrogens (tertiary/aromatic N) is 1. The fraction of sp³-hybridized carbons (Fsp3) is 0.0625. The number of nitrogens with two attached hydrogens (primary N) is 1. The van der Waals surface area contributed by atoms with E-state index in [1.165, 1.54) is 0 Å². The summed E-state index contributed by atoms with van der Waals surface area (Å²) in [5, 5.41) is 5.38. The molecule has 0 aliphatic carbocycles. The highest BCUT2D eigenvalue weighted by molar-refractivity contribution is 5.94. The maximum Gasteiger partial charge on any atom is 0.231 e. The third kappa shape index (κ3) is 2.08. The summed E-state index contributed by atoms with van der Waals surface area (Å²) < 4.78 is 10.7. The molecule has 0 bridgehead atoms. The summed E-state index contributed by atoms with van der Waals surface area (Å²) in [6.07, 6.45) is 1.76. The van der Waals surface area contributed by atoms with Crippen LogP contribution in [0.1, 0.15) is 0 Å². The first kappa shape index (κ1) is 11.8. The fourth-order valence-corrected chi connectivity index (χ4v) is 2.41. The quantitative estimate of drug-likeness (QED) is 0.704. The molecule has 0 atom stereocenters. The molecule has 4 rings (SSSR count). The Morgan fingerprint density at radius 3 is 2.86 bits per heavy atom. The molecule has 2 aromatic carbocycles. The summed E-state index contributed by atoms with van der Waals surface area (Å²) in [5.74, 6) is 2.29. The van der Waals surface area contributed by atoms with E-state index in [4.69, 9.17) is 15.2 Å². The number of ether oxygens (including phenoxy) is 2. The maximum atomic E-state index is 5.82. The van der Waals surface area contributed by atoms with E-state index in [2.05, 4.69) is 10.3 Å². The molecule has 5 heteroatoms. The summed E-state index contributed by atoms with van der Waals surface area (Å²) in [6.45, 7) is 0.268. The van der Waals surface area contributed by atoms with Crippen LogP contribution in [0.25, 0.3) is 10.8 Å². The largest absolute Gasteiger partial charge is 0.454 e. The van der Waals surface area contributed by atoms with Gasteiger partial charge in [-0.25, -0.2) is 4.98 Å². The number of benzene rings is 2. The zero-order valence-electron chi connectivity index (χ0n) is 11.2. The van der Waals surface area contributed by atoms with Gasteiger partial charge in [0.2, 0.25) is 6.79 Å². The van der Waals surface area contributed by atoms with Crippen LogP contribution in [-0.2, 0) is 0 Å². The third-order valence-corrected chi connectivity index (χ3v) is 3.42. The van der Waals surface area contributed by atoms with Gasteiger partial charge in [-0.3, -0.25) is 0 Å². The van der Waals surface area contributed by atoms with Crippen LogP contribution in [0.5, 0.6) is 11.5 Å². The Labute approximate surface area is 121 Å². The number of nitrogen functional groups attached to an aromatic ring is 1. The molecule has 3 N–H and O–H groups in total. The van der Waals surface area contributed by atoms with E-state index >= 15 is 0 Å². The van der Waals surface area contributed by atoms with Crippen LogP contribution in [0, 0.1) is 0 Å². The van der Waals surface area contributed by atoms with E-state index in [1.807, 2.05) is 42.5 Å². The molecule has 2 heterocycles. The van der Waals surface area contributed by atoms with Crippen molar-refractivity contribution >= 4 is 28.0 Å². The number of fused-ring (bicyclic) bond motifs is 2. The van der Waals surface area contributed by atoms with E-state index in [1.54, 1.807) is 6.20 Å². The normalized spacial score (nSPS) is 12.6. The highest BCUT2D eigenvalue weighted by Gasteiger charge is 2.13. The van der Waals surface area contributed by atoms with Crippen LogP contribution in [-0.4, -0.2) is 11.8 Å². The minimum atomic E-state index is 0.268. The summed E-state index contributed by atoms with van der Waals surface area (Å²) >= 11 is 0. The second-order valence-corrected chi connectivity index (χ2v) is 4.83. The molecule has 21 heavy (non-hydrogen) atoms. The number of aromatic nitrogens is 1. The van der Waals surface area contributed by atoms with Gasteiger partial charge in [0.15, 0.2) is 11.5 Å². The van der Waals surface area contributed by atoms with E-state index in [0.29, 0.717) is 0 Å². The van der Waals surface area contributed by atoms with Gasteiger partial charge in [0.25, 0.3) is 0 Å². The molecule has 1 aliphatic heterocycles. The van der Waals surface area contributed by atoms with Crippen LogP contribution in [0.3, 0.4) is 0 Å². The van der Waals surface area contributed by atoms with Gasteiger partial charge in [-0.2, -0.15) is 0 Å². The van der Waals surface area contributed by atoms with Gasteiger partial charge >= 0.3 is 0 Å². The van der Waals surface area contributed by atoms with Crippen molar-refractivity contribution in [1.82, 2.24) is 4.98 Å². The van der Waals surface area contributed by atoms with Crippen LogP contribution in [0.4, 0.5) is 17.2 Å². The first-order chi connectivity index (χ1) is 10.3. The SMILES string of the molecule is Nc1ccc2c(Nc3ccc4c(c3)OCO4)nccc2c1. The molecule has 0 fully saturated rings. The second kappa shape index (κ2) is 4.56. The van der Waals surface area contributed by atoms with Gasteiger partial charge in [0.1, 0.15) is 5.82 Å². The molecule has 0 radical (unpaired) electrons. The average Bonchev–Trinajstić information content (AvgIpc) is 2.95. The molecule has 1 aliphatic rings. The Bertz CT molecular complexity index is 833. The van der Waals surface area contributed by atoms with Crippen molar-refractivity contribution in [1.29, 1.82) is 0 Å². The lowest BCUT2D eigenvalue weighted by atomic mass is 10.1. The van der Waals surface area contributed by atoms with Gasteiger partial charge in [0.05, 0.1) is 0 Å². The Hall–Kier alpha value is -2.95. The molecule has 0 saturated carbocycles. The highest BCUT2D eigenvalue weighted by Crippen LogP contribution is 2.35. The first-order valence-electron chi connectivity index (χ1n) is 6.60. The van der Waals surface area contributed by atoms with Gasteiger partial charge in [0, 0.05) is 29.0 Å². The van der Waals surface area contributed by atoms with Crippen LogP contribution >= 0.6 is 0 Å². The topological polar surface area (TPSA) is 69.4 Å². The lowest BCUT2D eigenvalue weighted by molar-refractivity contribution is 0.174. The number of rotatable bonds is 2. The second-order valence-electron chi connectivity index (χ2n) is 4.83. The van der Waals surface area contributed by atoms with Crippen LogP contribution in [0.2, 0.25) is 0 Å². The summed E-state index contributed by atoms with van der Waals surface area (Å²) in [6, 6.07) is 13.4. The molecule has 5 nitrogen and oxygen atoms in total. The van der Waals surface area contributed by atoms with Gasteiger partial charge in [-0.1, -0.05) is 0 Å². The van der Waals surface area contributed by atoms with Crippen molar-refractivity contribution in [3.8, 4) is 11.5 Å². The summed E-state index contributed by atoms with van der Waals surface area (Å²) in [4.78, 5) is 4.40. The van der Waals surface area contributed by atoms with Gasteiger partial charge in [-0.05, 0) is 41.8 Å². The summed E-state index contributed by atoms with van der Waals surface area (Å²) in [5.41, 5.74) is 7.45. The summed E-state index contributed by atoms with van der Waals surface area (Å²) in [7, 11) is 0. The van der Waals surface area contributed by atoms with E-state index in [9.17, 15) is 0 Å². The van der Waals surface area contributed by atoms with Crippen molar-refractivity contribution in [2.24, 2.45) is 0 Å². The average molecular weight is 279 g/mol. The minimum absolute atomic E-state index is 0.268. The number of hydrogen-bond donors (Lipinski definition) is 2. The molecule has 1 aromatic heterocycles. The number of hydrogen-bond acceptors (Lipinski definition) is 5. The lowest BCUT2D eigenvalue weighted by Crippen LogP contribution is -1.95. The number of pyridine rings is 1. The molecule has 0 spiro atoms. The van der Waals surface area contributed by atoms with Crippen LogP contribution < -0.4 is 20.5 Å². The smallest absolute Gasteiger partial charge is 0.231 e. The number of anilines is 3. The van der Waals surface area contributed by atoms with Crippen LogP contribution in [0.15, 0.2) is 48.7 Å². The van der Waals surface area contributed by atoms with Crippen molar-refractivity contribution in [3.63, 3.8) is 0 Å². The molecule has 0 saturated heterocycles. The Balaban J connectivity index is 1.74. The van der Waals surface area contributed by atoms with Crippen molar-refractivity contribution < 1.29 is 9.47 Å². The van der Waals surface area contributed by atoms with E-state index in [0.717, 1.165) is 39.5 Å². The molecule has 3 aromatic rings. The Kier molecular flexibility index (Phi) is 2.57. The van der Waals surface area contributed by atoms with Gasteiger partial charge < -0.3 is 20.5 Å². The third-order valence-electron chi connectivity index (χ3n) is 3.42. The lowest BCUT2D eigenvalue weighted by Gasteiger charge is -2.09. The van der Waals surface area contributed by atoms with E-state index in [-0.39, 0.29) is 6.79 Å². The van der Waals surface area contributed by atoms with Crippen molar-refractivity contribution in [2.45, 2.75) is 0 Å². The van der Waals surface area contributed by atoms with Gasteiger partial charge in [-0.15, -0.1) is 0 Å². The van der Waals surface area contributed by atoms with E-state index < -0.39 is 0 Å². The zero-order valence-corrected chi connectivity index (χ0v) is 11.2. The first-order valence-corrected chi connectivity index (χ1v) is 6.60. The highest BCUT2D eigenvalue weighted by atomic mass is 16.7. The Morgan fingerprint density at radius 1 is 1.00 bits per heavy atom. The molecule has 104 valence electrons. The molecular formula is C16H13N3O2. The minimum Gasteiger partial charge on any atom is -0.454 e. The monoisotopic (exact) mass is 279 g/mol. The maximum absolute atomic E-state index is 5.82. The molecule has 0 unspecified atom stereocenters. The van der Waals surface area contributed by atoms with Crippen molar-refractivity contribution in [2.75, 3.05) is 17.8 Å². The fourth-order valence-electron chi connectivity index (χ4n) is 2.41. The predicted octanol–water partition coefficient (Wildman–Crippen LogP) is 3.29. The number of nitrogens with one attached hydrogen (secondary N) is 1. The molecule has 0 amide bonds.